The Morgan fingerprint density at radius 1 is 1.20 bits per heavy atom. The van der Waals surface area contributed by atoms with Gasteiger partial charge in [-0.2, -0.15) is 0 Å². The Morgan fingerprint density at radius 2 is 1.97 bits per heavy atom. The van der Waals surface area contributed by atoms with Gasteiger partial charge in [0.1, 0.15) is 22.8 Å². The van der Waals surface area contributed by atoms with E-state index in [0.29, 0.717) is 24.1 Å². The molecule has 1 heterocycles. The van der Waals surface area contributed by atoms with Gasteiger partial charge in [-0.15, -0.1) is 0 Å². The zero-order valence-electron chi connectivity index (χ0n) is 19.4. The van der Waals surface area contributed by atoms with Gasteiger partial charge in [-0.1, -0.05) is 24.3 Å². The van der Waals surface area contributed by atoms with Crippen LogP contribution in [0.1, 0.15) is 36.0 Å². The maximum atomic E-state index is 13.9. The third-order valence-corrected chi connectivity index (χ3v) is 7.84. The van der Waals surface area contributed by atoms with Crippen molar-refractivity contribution < 1.29 is 34.4 Å². The molecule has 0 radical (unpaired) electrons. The highest BCUT2D eigenvalue weighted by Gasteiger charge is 2.61. The number of hydrogen-bond acceptors (Lipinski definition) is 8. The Morgan fingerprint density at radius 3 is 2.63 bits per heavy atom. The summed E-state index contributed by atoms with van der Waals surface area (Å²) in [5.74, 6) is -4.91. The third-order valence-electron chi connectivity index (χ3n) is 7.84. The van der Waals surface area contributed by atoms with Crippen molar-refractivity contribution in [1.82, 2.24) is 4.90 Å². The van der Waals surface area contributed by atoms with E-state index in [2.05, 4.69) is 17.1 Å². The van der Waals surface area contributed by atoms with E-state index in [4.69, 9.17) is 10.5 Å². The number of fused-ring (bicyclic) bond motifs is 3. The molecule has 0 saturated heterocycles. The quantitative estimate of drug-likeness (QED) is 0.377. The Balaban J connectivity index is 1.61. The highest BCUT2D eigenvalue weighted by atomic mass is 16.5. The number of phenolic OH excluding ortho intramolecular Hbond substituents is 1. The number of ether oxygens (including phenoxy) is 1. The SMILES string of the molecule is CO[C@]12C(=O)C3=C(O)c4c(ccc(CN5CC=CCC5)c4O)C[C@H]3C[C@H]1CC(=O)C(C(N)=O)=C2O. The first-order valence-electron chi connectivity index (χ1n) is 11.7. The largest absolute Gasteiger partial charge is 0.508 e. The van der Waals surface area contributed by atoms with Crippen molar-refractivity contribution in [2.45, 2.75) is 37.8 Å². The fourth-order valence-electron chi connectivity index (χ4n) is 6.18. The zero-order chi connectivity index (χ0) is 25.1. The number of nitrogens with zero attached hydrogens (tertiary/aromatic N) is 1. The van der Waals surface area contributed by atoms with Crippen molar-refractivity contribution >= 4 is 23.2 Å². The lowest BCUT2D eigenvalue weighted by Crippen LogP contribution is -2.59. The maximum absolute atomic E-state index is 13.9. The maximum Gasteiger partial charge on any atom is 0.255 e. The van der Waals surface area contributed by atoms with Crippen molar-refractivity contribution in [3.63, 3.8) is 0 Å². The van der Waals surface area contributed by atoms with Gasteiger partial charge in [-0.3, -0.25) is 19.3 Å². The summed E-state index contributed by atoms with van der Waals surface area (Å²) in [4.78, 5) is 40.5. The number of benzene rings is 1. The summed E-state index contributed by atoms with van der Waals surface area (Å²) in [6.45, 7) is 2.10. The smallest absolute Gasteiger partial charge is 0.255 e. The molecule has 0 unspecified atom stereocenters. The van der Waals surface area contributed by atoms with Crippen molar-refractivity contribution in [3.8, 4) is 5.75 Å². The second-order valence-corrected chi connectivity index (χ2v) is 9.68. The minimum absolute atomic E-state index is 0.0219. The fraction of sp³-hybridized carbons (Fsp3) is 0.423. The van der Waals surface area contributed by atoms with E-state index < -0.39 is 46.2 Å². The van der Waals surface area contributed by atoms with E-state index in [1.807, 2.05) is 12.1 Å². The summed E-state index contributed by atoms with van der Waals surface area (Å²) in [7, 11) is 1.22. The van der Waals surface area contributed by atoms with Crippen molar-refractivity contribution in [2.75, 3.05) is 20.2 Å². The molecule has 5 N–H and O–H groups in total. The molecule has 1 aromatic carbocycles. The summed E-state index contributed by atoms with van der Waals surface area (Å²) in [5, 5.41) is 33.4. The molecule has 1 saturated carbocycles. The van der Waals surface area contributed by atoms with Gasteiger partial charge in [0.05, 0.1) is 5.56 Å². The van der Waals surface area contributed by atoms with Crippen LogP contribution in [0.3, 0.4) is 0 Å². The Labute approximate surface area is 202 Å². The van der Waals surface area contributed by atoms with Crippen LogP contribution in [0, 0.1) is 11.8 Å². The Hall–Kier alpha value is -3.43. The molecule has 0 spiro atoms. The fourth-order valence-corrected chi connectivity index (χ4v) is 6.18. The molecule has 1 aromatic rings. The molecular formula is C26H28N2O7. The number of amides is 1. The number of carbonyl (C=O) groups excluding carboxylic acids is 3. The normalized spacial score (nSPS) is 28.6. The number of primary amides is 1. The van der Waals surface area contributed by atoms with Crippen LogP contribution >= 0.6 is 0 Å². The molecule has 1 aliphatic heterocycles. The first kappa shape index (κ1) is 23.3. The van der Waals surface area contributed by atoms with Crippen LogP contribution in [0.25, 0.3) is 5.76 Å². The van der Waals surface area contributed by atoms with E-state index >= 15 is 0 Å². The molecule has 4 aliphatic rings. The van der Waals surface area contributed by atoms with Crippen LogP contribution in [0.2, 0.25) is 0 Å². The molecule has 1 fully saturated rings. The van der Waals surface area contributed by atoms with Crippen LogP contribution in [0.15, 0.2) is 41.2 Å². The Kier molecular flexibility index (Phi) is 5.56. The predicted molar refractivity (Wildman–Crippen MR) is 125 cm³/mol. The van der Waals surface area contributed by atoms with Crippen molar-refractivity contribution in [2.24, 2.45) is 17.6 Å². The van der Waals surface area contributed by atoms with Crippen molar-refractivity contribution in [3.05, 3.63) is 57.9 Å². The van der Waals surface area contributed by atoms with Crippen LogP contribution in [0.4, 0.5) is 0 Å². The van der Waals surface area contributed by atoms with Crippen LogP contribution < -0.4 is 5.73 Å². The topological polar surface area (TPSA) is 150 Å². The molecular weight excluding hydrogens is 452 g/mol. The van der Waals surface area contributed by atoms with E-state index in [1.54, 1.807) is 0 Å². The molecule has 5 rings (SSSR count). The number of rotatable bonds is 4. The molecule has 9 heteroatoms. The lowest BCUT2D eigenvalue weighted by molar-refractivity contribution is -0.153. The Bertz CT molecular complexity index is 1240. The van der Waals surface area contributed by atoms with Gasteiger partial charge < -0.3 is 25.8 Å². The van der Waals surface area contributed by atoms with Gasteiger partial charge in [0, 0.05) is 50.2 Å². The standard InChI is InChI=1S/C26H28N2O7/c1-35-26-16(11-17(29)20(24(26)33)25(27)34)10-15-9-13-5-6-14(12-28-7-3-2-4-8-28)21(30)18(13)22(31)19(15)23(26)32/h2-3,5-6,15-16,30-31,33H,4,7-12H2,1H3,(H2,27,34)/t15-,16-,26-/m0/s1. The minimum atomic E-state index is -2.00. The molecule has 3 aliphatic carbocycles. The summed E-state index contributed by atoms with van der Waals surface area (Å²) in [6.07, 6.45) is 5.55. The molecule has 0 bridgehead atoms. The van der Waals surface area contributed by atoms with E-state index in [1.165, 1.54) is 7.11 Å². The average molecular weight is 481 g/mol. The molecule has 9 nitrogen and oxygen atoms in total. The third kappa shape index (κ3) is 3.33. The number of aliphatic hydroxyl groups is 2. The second kappa shape index (κ2) is 8.35. The summed E-state index contributed by atoms with van der Waals surface area (Å²) < 4.78 is 5.54. The van der Waals surface area contributed by atoms with Crippen LogP contribution in [0.5, 0.6) is 5.75 Å². The van der Waals surface area contributed by atoms with Gasteiger partial charge in [-0.25, -0.2) is 0 Å². The number of methoxy groups -OCH3 is 1. The van der Waals surface area contributed by atoms with Gasteiger partial charge >= 0.3 is 0 Å². The highest BCUT2D eigenvalue weighted by molar-refractivity contribution is 6.22. The lowest BCUT2D eigenvalue weighted by atomic mass is 9.59. The monoisotopic (exact) mass is 480 g/mol. The average Bonchev–Trinajstić information content (AvgIpc) is 2.81. The van der Waals surface area contributed by atoms with Gasteiger partial charge in [0.2, 0.25) is 5.78 Å². The van der Waals surface area contributed by atoms with Crippen LogP contribution in [-0.2, 0) is 32.1 Å². The molecule has 0 aromatic heterocycles. The number of hydrogen-bond donors (Lipinski definition) is 4. The van der Waals surface area contributed by atoms with E-state index in [0.717, 1.165) is 19.5 Å². The van der Waals surface area contributed by atoms with Gasteiger partial charge in [0.25, 0.3) is 5.91 Å². The summed E-state index contributed by atoms with van der Waals surface area (Å²) in [5.41, 5.74) is 4.23. The highest BCUT2D eigenvalue weighted by Crippen LogP contribution is 2.53. The molecule has 3 atom stereocenters. The van der Waals surface area contributed by atoms with Crippen LogP contribution in [-0.4, -0.2) is 63.5 Å². The summed E-state index contributed by atoms with van der Waals surface area (Å²) >= 11 is 0. The number of phenols is 1. The van der Waals surface area contributed by atoms with E-state index in [9.17, 15) is 29.7 Å². The number of ketones is 2. The molecule has 184 valence electrons. The number of Topliss-reactive ketones (excluding diaryl/α,β-unsaturated/α-hetero) is 2. The second-order valence-electron chi connectivity index (χ2n) is 9.68. The minimum Gasteiger partial charge on any atom is -0.508 e. The van der Waals surface area contributed by atoms with E-state index in [-0.39, 0.29) is 35.5 Å². The summed E-state index contributed by atoms with van der Waals surface area (Å²) in [6, 6.07) is 3.70. The molecule has 1 amide bonds. The first-order chi connectivity index (χ1) is 16.7. The van der Waals surface area contributed by atoms with Gasteiger partial charge in [0.15, 0.2) is 11.4 Å². The first-order valence-corrected chi connectivity index (χ1v) is 11.7. The zero-order valence-corrected chi connectivity index (χ0v) is 19.4. The van der Waals surface area contributed by atoms with Crippen molar-refractivity contribution in [1.29, 1.82) is 0 Å². The van der Waals surface area contributed by atoms with Gasteiger partial charge in [-0.05, 0) is 30.7 Å². The number of nitrogens with two attached hydrogens (primary N) is 1. The number of aliphatic hydroxyl groups excluding tert-OH is 2. The number of carbonyl (C=O) groups is 3. The predicted octanol–water partition coefficient (Wildman–Crippen LogP) is 1.84. The lowest BCUT2D eigenvalue weighted by Gasteiger charge is -2.48. The number of aromatic hydroxyl groups is 1. The molecule has 35 heavy (non-hydrogen) atoms.